The summed E-state index contributed by atoms with van der Waals surface area (Å²) in [4.78, 5) is 0. The first-order valence-electron chi connectivity index (χ1n) is 7.92. The first-order chi connectivity index (χ1) is 9.59. The Kier molecular flexibility index (Phi) is 6.14. The van der Waals surface area contributed by atoms with E-state index < -0.39 is 10.2 Å². The van der Waals surface area contributed by atoms with Crippen LogP contribution in [0.1, 0.15) is 51.9 Å². The molecule has 1 aliphatic heterocycles. The molecule has 20 heavy (non-hydrogen) atoms. The van der Waals surface area contributed by atoms with E-state index in [-0.39, 0.29) is 6.04 Å². The van der Waals surface area contributed by atoms with Crippen LogP contribution in [-0.4, -0.2) is 48.6 Å². The Morgan fingerprint density at radius 3 is 2.20 bits per heavy atom. The molecule has 2 aliphatic rings. The lowest BCUT2D eigenvalue weighted by atomic mass is 9.95. The Morgan fingerprint density at radius 2 is 1.70 bits per heavy atom. The van der Waals surface area contributed by atoms with Crippen LogP contribution in [0.25, 0.3) is 0 Å². The molecule has 118 valence electrons. The second-order valence-electron chi connectivity index (χ2n) is 6.00. The number of halogens is 1. The van der Waals surface area contributed by atoms with Crippen LogP contribution < -0.4 is 0 Å². The van der Waals surface area contributed by atoms with Gasteiger partial charge in [0.1, 0.15) is 0 Å². The van der Waals surface area contributed by atoms with E-state index in [1.165, 1.54) is 6.42 Å². The minimum Gasteiger partial charge on any atom is -0.195 e. The van der Waals surface area contributed by atoms with E-state index in [2.05, 4.69) is 0 Å². The molecule has 0 aromatic heterocycles. The normalized spacial score (nSPS) is 24.4. The molecule has 4 nitrogen and oxygen atoms in total. The van der Waals surface area contributed by atoms with Gasteiger partial charge < -0.3 is 0 Å². The summed E-state index contributed by atoms with van der Waals surface area (Å²) < 4.78 is 29.1. The maximum Gasteiger partial charge on any atom is 0.282 e. The van der Waals surface area contributed by atoms with Crippen LogP contribution in [0.15, 0.2) is 0 Å². The van der Waals surface area contributed by atoms with Crippen molar-refractivity contribution in [3.63, 3.8) is 0 Å². The number of nitrogens with zero attached hydrogens (tertiary/aromatic N) is 2. The molecule has 1 heterocycles. The number of hydrogen-bond acceptors (Lipinski definition) is 2. The summed E-state index contributed by atoms with van der Waals surface area (Å²) >= 11 is 5.88. The fourth-order valence-electron chi connectivity index (χ4n) is 3.42. The Morgan fingerprint density at radius 1 is 1.10 bits per heavy atom. The van der Waals surface area contributed by atoms with Gasteiger partial charge in [0.05, 0.1) is 0 Å². The molecule has 0 bridgehead atoms. The van der Waals surface area contributed by atoms with Crippen molar-refractivity contribution in [2.24, 2.45) is 5.92 Å². The van der Waals surface area contributed by atoms with E-state index >= 15 is 0 Å². The number of hydrogen-bond donors (Lipinski definition) is 0. The second kappa shape index (κ2) is 7.43. The first-order valence-corrected chi connectivity index (χ1v) is 9.85. The molecule has 0 atom stereocenters. The number of piperidine rings is 1. The highest BCUT2D eigenvalue weighted by Crippen LogP contribution is 2.28. The van der Waals surface area contributed by atoms with Crippen LogP contribution in [0.3, 0.4) is 0 Å². The van der Waals surface area contributed by atoms with Crippen molar-refractivity contribution in [3.8, 4) is 0 Å². The topological polar surface area (TPSA) is 40.6 Å². The lowest BCUT2D eigenvalue weighted by molar-refractivity contribution is 0.222. The van der Waals surface area contributed by atoms with Gasteiger partial charge in [0, 0.05) is 31.6 Å². The molecule has 0 N–H and O–H groups in total. The van der Waals surface area contributed by atoms with Crippen molar-refractivity contribution in [3.05, 3.63) is 0 Å². The van der Waals surface area contributed by atoms with Gasteiger partial charge in [-0.2, -0.15) is 17.0 Å². The predicted octanol–water partition coefficient (Wildman–Crippen LogP) is 2.84. The van der Waals surface area contributed by atoms with Crippen molar-refractivity contribution in [1.82, 2.24) is 8.61 Å². The lowest BCUT2D eigenvalue weighted by Crippen LogP contribution is -2.51. The van der Waals surface area contributed by atoms with Gasteiger partial charge in [0.2, 0.25) is 0 Å². The molecule has 0 aromatic carbocycles. The van der Waals surface area contributed by atoms with E-state index in [1.807, 2.05) is 6.92 Å². The Labute approximate surface area is 128 Å². The molecule has 1 saturated heterocycles. The molecule has 6 heteroatoms. The van der Waals surface area contributed by atoms with Crippen molar-refractivity contribution in [1.29, 1.82) is 0 Å². The number of alkyl halides is 1. The third kappa shape index (κ3) is 3.67. The Bertz CT molecular complexity index is 388. The fourth-order valence-corrected chi connectivity index (χ4v) is 5.61. The molecule has 1 saturated carbocycles. The van der Waals surface area contributed by atoms with E-state index in [9.17, 15) is 8.42 Å². The largest absolute Gasteiger partial charge is 0.282 e. The third-order valence-electron chi connectivity index (χ3n) is 4.71. The van der Waals surface area contributed by atoms with E-state index in [0.29, 0.717) is 31.4 Å². The SMILES string of the molecule is CCN(C1CCCCC1)S(=O)(=O)N1CCC(CCl)CC1. The highest BCUT2D eigenvalue weighted by molar-refractivity contribution is 7.86. The zero-order valence-corrected chi connectivity index (χ0v) is 14.0. The van der Waals surface area contributed by atoms with Crippen molar-refractivity contribution in [2.45, 2.75) is 57.9 Å². The van der Waals surface area contributed by atoms with Crippen LogP contribution in [0, 0.1) is 5.92 Å². The van der Waals surface area contributed by atoms with Crippen molar-refractivity contribution >= 4 is 21.8 Å². The average molecular weight is 323 g/mol. The van der Waals surface area contributed by atoms with Gasteiger partial charge in [-0.05, 0) is 31.6 Å². The molecule has 2 fully saturated rings. The lowest BCUT2D eigenvalue weighted by Gasteiger charge is -2.38. The third-order valence-corrected chi connectivity index (χ3v) is 7.31. The first kappa shape index (κ1) is 16.5. The van der Waals surface area contributed by atoms with Crippen molar-refractivity contribution < 1.29 is 8.42 Å². The monoisotopic (exact) mass is 322 g/mol. The quantitative estimate of drug-likeness (QED) is 0.730. The molecule has 0 aromatic rings. The second-order valence-corrected chi connectivity index (χ2v) is 8.19. The smallest absolute Gasteiger partial charge is 0.195 e. The molecule has 0 radical (unpaired) electrons. The standard InChI is InChI=1S/C14H27ClN2O2S/c1-2-17(14-6-4-3-5-7-14)20(18,19)16-10-8-13(12-15)9-11-16/h13-14H,2-12H2,1H3. The molecule has 0 amide bonds. The van der Waals surface area contributed by atoms with Crippen LogP contribution >= 0.6 is 11.6 Å². The van der Waals surface area contributed by atoms with E-state index in [0.717, 1.165) is 38.5 Å². The molecule has 0 unspecified atom stereocenters. The number of rotatable bonds is 5. The van der Waals surface area contributed by atoms with Gasteiger partial charge in [-0.1, -0.05) is 26.2 Å². The van der Waals surface area contributed by atoms with E-state index in [4.69, 9.17) is 11.6 Å². The van der Waals surface area contributed by atoms with Crippen LogP contribution in [-0.2, 0) is 10.2 Å². The highest BCUT2D eigenvalue weighted by Gasteiger charge is 2.36. The summed E-state index contributed by atoms with van der Waals surface area (Å²) in [6, 6.07) is 0.213. The van der Waals surface area contributed by atoms with Gasteiger partial charge in [-0.15, -0.1) is 11.6 Å². The summed E-state index contributed by atoms with van der Waals surface area (Å²) in [5.74, 6) is 1.13. The van der Waals surface area contributed by atoms with Gasteiger partial charge in [-0.3, -0.25) is 0 Å². The Balaban J connectivity index is 2.03. The molecule has 1 aliphatic carbocycles. The van der Waals surface area contributed by atoms with Gasteiger partial charge in [0.15, 0.2) is 0 Å². The molecular weight excluding hydrogens is 296 g/mol. The van der Waals surface area contributed by atoms with Crippen LogP contribution in [0.5, 0.6) is 0 Å². The average Bonchev–Trinajstić information content (AvgIpc) is 2.49. The maximum atomic E-state index is 12.8. The predicted molar refractivity (Wildman–Crippen MR) is 83.2 cm³/mol. The summed E-state index contributed by atoms with van der Waals surface area (Å²) in [7, 11) is -3.28. The summed E-state index contributed by atoms with van der Waals surface area (Å²) in [6.45, 7) is 3.80. The van der Waals surface area contributed by atoms with Crippen LogP contribution in [0.4, 0.5) is 0 Å². The fraction of sp³-hybridized carbons (Fsp3) is 1.00. The summed E-state index contributed by atoms with van der Waals surface area (Å²) in [5, 5.41) is 0. The Hall–Kier alpha value is 0.160. The minimum atomic E-state index is -3.28. The summed E-state index contributed by atoms with van der Waals surface area (Å²) in [5.41, 5.74) is 0. The highest BCUT2D eigenvalue weighted by atomic mass is 35.5. The summed E-state index contributed by atoms with van der Waals surface area (Å²) in [6.07, 6.45) is 7.39. The van der Waals surface area contributed by atoms with Crippen molar-refractivity contribution in [2.75, 3.05) is 25.5 Å². The molecule has 0 spiro atoms. The van der Waals surface area contributed by atoms with Gasteiger partial charge >= 0.3 is 0 Å². The van der Waals surface area contributed by atoms with Crippen LogP contribution in [0.2, 0.25) is 0 Å². The molecule has 2 rings (SSSR count). The molecular formula is C14H27ClN2O2S. The minimum absolute atomic E-state index is 0.213. The maximum absolute atomic E-state index is 12.8. The zero-order valence-electron chi connectivity index (χ0n) is 12.4. The van der Waals surface area contributed by atoms with E-state index in [1.54, 1.807) is 8.61 Å². The van der Waals surface area contributed by atoms with Gasteiger partial charge in [-0.25, -0.2) is 0 Å². The van der Waals surface area contributed by atoms with Gasteiger partial charge in [0.25, 0.3) is 10.2 Å². The zero-order chi connectivity index (χ0) is 14.6.